The van der Waals surface area contributed by atoms with Crippen molar-refractivity contribution < 1.29 is 65.9 Å². The van der Waals surface area contributed by atoms with Crippen LogP contribution in [0.25, 0.3) is 0 Å². The first-order valence-electron chi connectivity index (χ1n) is 42.2. The van der Waals surface area contributed by atoms with E-state index in [0.717, 1.165) is 118 Å². The van der Waals surface area contributed by atoms with Crippen molar-refractivity contribution in [3.63, 3.8) is 0 Å². The second-order valence-electron chi connectivity index (χ2n) is 32.1. The Hall–Kier alpha value is -10.4. The number of benzene rings is 10. The molecule has 0 saturated carbocycles. The Labute approximate surface area is 758 Å². The van der Waals surface area contributed by atoms with Crippen LogP contribution in [0, 0.1) is 176 Å². The van der Waals surface area contributed by atoms with Crippen LogP contribution in [0.4, 0.5) is 65.9 Å². The first-order valence-corrected chi connectivity index (χ1v) is 44.1. The van der Waals surface area contributed by atoms with Gasteiger partial charge in [0.15, 0.2) is 0 Å². The number of rotatable bonds is 11. The molecule has 0 heterocycles. The summed E-state index contributed by atoms with van der Waals surface area (Å²) in [5.74, 6) is 18.2. The summed E-state index contributed by atoms with van der Waals surface area (Å²) >= 11 is 28.1. The molecule has 0 nitrogen and oxygen atoms in total. The lowest BCUT2D eigenvalue weighted by molar-refractivity contribution is 0.399. The molecule has 10 aromatic carbocycles. The highest BCUT2D eigenvalue weighted by Crippen LogP contribution is 2.39. The van der Waals surface area contributed by atoms with Crippen LogP contribution in [-0.4, -0.2) is 0 Å². The predicted molar refractivity (Wildman–Crippen MR) is 480 cm³/mol. The predicted octanol–water partition coefficient (Wildman–Crippen LogP) is 30.4. The van der Waals surface area contributed by atoms with Crippen LogP contribution < -0.4 is 0 Å². The third kappa shape index (κ3) is 25.6. The van der Waals surface area contributed by atoms with Crippen LogP contribution in [0.15, 0.2) is 159 Å². The highest BCUT2D eigenvalue weighted by molar-refractivity contribution is 6.32. The maximum Gasteiger partial charge on any atom is 0.145 e. The minimum absolute atomic E-state index is 0.0137. The van der Waals surface area contributed by atoms with Gasteiger partial charge in [-0.1, -0.05) is 194 Å². The van der Waals surface area contributed by atoms with Crippen molar-refractivity contribution in [2.45, 2.75) is 168 Å². The van der Waals surface area contributed by atoms with Gasteiger partial charge < -0.3 is 0 Å². The fourth-order valence-corrected chi connectivity index (χ4v) is 17.0. The summed E-state index contributed by atoms with van der Waals surface area (Å²) in [6, 6.07) is 27.1. The van der Waals surface area contributed by atoms with E-state index >= 15 is 0 Å². The van der Waals surface area contributed by atoms with Gasteiger partial charge in [-0.15, -0.1) is 13.2 Å². The van der Waals surface area contributed by atoms with E-state index in [2.05, 4.69) is 92.3 Å². The molecule has 5 unspecified atom stereocenters. The number of hydrogen-bond acceptors (Lipinski definition) is 0. The number of unbranched alkanes of at least 4 members (excludes halogenated alkanes) is 2. The molecule has 0 aromatic heterocycles. The maximum atomic E-state index is 14.9. The Morgan fingerprint density at radius 3 is 0.843 bits per heavy atom. The molecule has 656 valence electrons. The van der Waals surface area contributed by atoms with Crippen molar-refractivity contribution in [3.8, 4) is 59.2 Å². The van der Waals surface area contributed by atoms with Crippen LogP contribution in [0.5, 0.6) is 0 Å². The summed E-state index contributed by atoms with van der Waals surface area (Å²) in [6.07, 6.45) is 27.0. The van der Waals surface area contributed by atoms with E-state index in [0.29, 0.717) is 148 Å². The zero-order valence-corrected chi connectivity index (χ0v) is 73.8. The lowest BCUT2D eigenvalue weighted by Gasteiger charge is -2.25. The van der Waals surface area contributed by atoms with Crippen molar-refractivity contribution in [1.82, 2.24) is 0 Å². The number of allylic oxidation sites excluding steroid dienone is 4. The Morgan fingerprint density at radius 2 is 0.575 bits per heavy atom. The van der Waals surface area contributed by atoms with Gasteiger partial charge in [0.2, 0.25) is 0 Å². The highest BCUT2D eigenvalue weighted by atomic mass is 35.5. The molecule has 0 fully saturated rings. The number of halogens is 20. The Balaban J connectivity index is 0.000000154. The van der Waals surface area contributed by atoms with E-state index in [4.69, 9.17) is 58.0 Å². The van der Waals surface area contributed by atoms with Gasteiger partial charge in [-0.25, -0.2) is 65.9 Å². The zero-order valence-electron chi connectivity index (χ0n) is 70.0. The van der Waals surface area contributed by atoms with Crippen molar-refractivity contribution in [1.29, 1.82) is 0 Å². The summed E-state index contributed by atoms with van der Waals surface area (Å²) < 4.78 is 213. The van der Waals surface area contributed by atoms with Gasteiger partial charge in [0.05, 0.1) is 52.9 Å². The SMILES string of the molecule is C/C=C/C1CCc2c(cc(F)c(C#Cc3ccc(Cl)c(F)c3)c2F)C1.C=CC1CCc2c(cc(F)c(C#Cc3ccc(Cl)c(F)c3)c2F)C1.C=CCCC1CCc2c(cc(F)c(C#Cc3ccc(Cl)c(F)c3)c2F)C1.CCCC1CCc2c(cc(F)c(C#Cc3ccc(Cl)c(F)c3)c2F)C1.CCCCCC1CCc2c(cc(F)c(C#Cc3ccc(Cl)c(F)c3)c2F)C1. The Morgan fingerprint density at radius 1 is 0.307 bits per heavy atom. The Bertz CT molecular complexity index is 6160. The van der Waals surface area contributed by atoms with Crippen molar-refractivity contribution in [3.05, 3.63) is 382 Å². The summed E-state index contributed by atoms with van der Waals surface area (Å²) in [6.45, 7) is 13.7. The third-order valence-electron chi connectivity index (χ3n) is 23.2. The van der Waals surface area contributed by atoms with E-state index in [1.165, 1.54) is 110 Å². The van der Waals surface area contributed by atoms with Crippen molar-refractivity contribution in [2.24, 2.45) is 29.6 Å². The molecule has 5 aliphatic carbocycles. The molecule has 5 aliphatic rings. The van der Waals surface area contributed by atoms with Gasteiger partial charge in [-0.05, 0) is 323 Å². The van der Waals surface area contributed by atoms with E-state index in [1.54, 1.807) is 0 Å². The van der Waals surface area contributed by atoms with Crippen molar-refractivity contribution >= 4 is 58.0 Å². The van der Waals surface area contributed by atoms with Gasteiger partial charge in [0.1, 0.15) is 87.3 Å². The third-order valence-corrected chi connectivity index (χ3v) is 24.8. The summed E-state index contributed by atoms with van der Waals surface area (Å²) in [7, 11) is 0. The maximum absolute atomic E-state index is 14.9. The van der Waals surface area contributed by atoms with E-state index in [9.17, 15) is 65.9 Å². The molecular formula is C107H88Cl5F15. The molecule has 0 radical (unpaired) electrons. The molecule has 10 aromatic rings. The van der Waals surface area contributed by atoms with Crippen LogP contribution in [0.1, 0.15) is 216 Å². The normalized spacial score (nSPS) is 16.0. The Kier molecular flexibility index (Phi) is 35.3. The summed E-state index contributed by atoms with van der Waals surface area (Å²) in [5, 5.41) is -0.0953. The molecule has 0 bridgehead atoms. The monoisotopic (exact) mass is 1830 g/mol. The quantitative estimate of drug-likeness (QED) is 0.0524. The van der Waals surface area contributed by atoms with E-state index in [1.807, 2.05) is 25.2 Å². The van der Waals surface area contributed by atoms with Gasteiger partial charge in [0.25, 0.3) is 0 Å². The van der Waals surface area contributed by atoms with Gasteiger partial charge in [-0.3, -0.25) is 0 Å². The summed E-state index contributed by atoms with van der Waals surface area (Å²) in [4.78, 5) is 0. The first-order chi connectivity index (χ1) is 61.0. The minimum atomic E-state index is -0.696. The van der Waals surface area contributed by atoms with Crippen LogP contribution in [0.3, 0.4) is 0 Å². The molecule has 0 N–H and O–H groups in total. The molecule has 127 heavy (non-hydrogen) atoms. The fraction of sp³-hybridized carbons (Fsp3) is 0.290. The van der Waals surface area contributed by atoms with Crippen LogP contribution in [-0.2, 0) is 64.2 Å². The molecule has 5 atom stereocenters. The smallest absolute Gasteiger partial charge is 0.145 e. The largest absolute Gasteiger partial charge is 0.206 e. The van der Waals surface area contributed by atoms with Crippen LogP contribution in [0.2, 0.25) is 25.1 Å². The average Bonchev–Trinajstić information content (AvgIpc) is 0.805. The molecule has 20 heteroatoms. The highest BCUT2D eigenvalue weighted by Gasteiger charge is 2.30. The van der Waals surface area contributed by atoms with Gasteiger partial charge >= 0.3 is 0 Å². The number of fused-ring (bicyclic) bond motifs is 5. The van der Waals surface area contributed by atoms with Crippen molar-refractivity contribution in [2.75, 3.05) is 0 Å². The second-order valence-corrected chi connectivity index (χ2v) is 34.1. The molecule has 0 aliphatic heterocycles. The average molecular weight is 1840 g/mol. The van der Waals surface area contributed by atoms with E-state index < -0.39 is 87.3 Å². The first kappa shape index (κ1) is 97.2. The molecule has 0 saturated heterocycles. The number of hydrogen-bond donors (Lipinski definition) is 0. The fourth-order valence-electron chi connectivity index (χ4n) is 16.5. The van der Waals surface area contributed by atoms with E-state index in [-0.39, 0.29) is 58.8 Å². The summed E-state index contributed by atoms with van der Waals surface area (Å²) in [5.41, 5.74) is 6.65. The van der Waals surface area contributed by atoms with Gasteiger partial charge in [0, 0.05) is 27.8 Å². The zero-order chi connectivity index (χ0) is 91.3. The molecular weight excluding hydrogens is 1750 g/mol. The lowest BCUT2D eigenvalue weighted by atomic mass is 9.80. The lowest BCUT2D eigenvalue weighted by Crippen LogP contribution is -2.17. The topological polar surface area (TPSA) is 0 Å². The van der Waals surface area contributed by atoms with Crippen LogP contribution >= 0.6 is 58.0 Å². The standard InChI is InChI=1S/C23H22ClF3.C22H18ClF3.C21H18ClF3.C21H16ClF3.C20H14ClF3/c1-2-3-4-5-15-6-9-18-17(12-15)14-21(25)19(23(18)27)10-7-16-8-11-20(24)22(26)13-16;1-2-3-4-14-5-8-17-16(11-14)13-20(24)18(22(17)26)9-6-15-7-10-19(23)21(25)12-15;2*1-2-3-13-4-7-16-15(10-13)12-19(23)17(21(16)25)8-5-14-6-9-18(22)20(24)11-14;1-2-12-3-6-15-14(9-12)11-18(22)16(20(15)24)7-4-13-5-8-17(21)19(23)10-13/h8,11,13-15H,2-6,9,12H2,1H3;2,7,10,12-14H,1,3-5,8,11H2;6,9,11-13H,2-4,7,10H2,1H3;2-3,6,9,11-13H,4,7,10H2,1H3;2,5,8,10-12H,1,3,6,9H2/b;;;3-2+;. The van der Waals surface area contributed by atoms with Gasteiger partial charge in [-0.2, -0.15) is 0 Å². The molecule has 0 amide bonds. The second kappa shape index (κ2) is 46.0. The molecule has 0 spiro atoms. The molecule has 15 rings (SSSR count). The minimum Gasteiger partial charge on any atom is -0.206 e.